The lowest BCUT2D eigenvalue weighted by molar-refractivity contribution is -0.873. The first-order valence-electron chi connectivity index (χ1n) is 29.7. The van der Waals surface area contributed by atoms with Gasteiger partial charge in [0, 0.05) is 12.8 Å². The Balaban J connectivity index is 0. The molecule has 0 aromatic rings. The van der Waals surface area contributed by atoms with Crippen LogP contribution in [0.15, 0.2) is 24.3 Å². The van der Waals surface area contributed by atoms with Gasteiger partial charge < -0.3 is 40.7 Å². The van der Waals surface area contributed by atoms with Gasteiger partial charge in [0.2, 0.25) is 0 Å². The van der Waals surface area contributed by atoms with Crippen molar-refractivity contribution < 1.29 is 68.7 Å². The van der Waals surface area contributed by atoms with E-state index in [-0.39, 0.29) is 45.0 Å². The fraction of sp³-hybridized carbons (Fsp3) is 0.881. The molecule has 0 aliphatic rings. The van der Waals surface area contributed by atoms with Crippen molar-refractivity contribution in [3.05, 3.63) is 24.3 Å². The van der Waals surface area contributed by atoms with Crippen LogP contribution in [0.4, 0.5) is 4.79 Å². The number of phosphoric ester groups is 1. The lowest BCUT2D eigenvalue weighted by Gasteiger charge is -2.32. The SMILES string of the molecule is CCCCCCCC/C=C\CCCCCCCC(=O)OC[C@H](COP(=O)(O)OC(C[N+](C)(C)C)C(C)OC(=O)OCCCCCCCCCCCC)OC(=O)CCCCCCC/C=C\CCCCCCCC.[Cl-]. The van der Waals surface area contributed by atoms with Crippen LogP contribution in [0.25, 0.3) is 0 Å². The molecule has 0 aromatic carbocycles. The monoisotopic (exact) mass is 1080 g/mol. The van der Waals surface area contributed by atoms with Gasteiger partial charge in [-0.1, -0.05) is 206 Å². The number of hydrogen-bond acceptors (Lipinski definition) is 10. The van der Waals surface area contributed by atoms with Crippen molar-refractivity contribution in [2.24, 2.45) is 0 Å². The number of phosphoric acid groups is 1. The third-order valence-corrected chi connectivity index (χ3v) is 14.0. The number of halogens is 1. The van der Waals surface area contributed by atoms with E-state index in [4.69, 9.17) is 28.0 Å². The highest BCUT2D eigenvalue weighted by Gasteiger charge is 2.37. The van der Waals surface area contributed by atoms with Crippen LogP contribution < -0.4 is 12.4 Å². The molecule has 432 valence electrons. The van der Waals surface area contributed by atoms with E-state index >= 15 is 0 Å². The Kier molecular flexibility index (Phi) is 52.2. The molecule has 0 bridgehead atoms. The van der Waals surface area contributed by atoms with Crippen LogP contribution in [0, 0.1) is 0 Å². The van der Waals surface area contributed by atoms with Gasteiger partial charge >= 0.3 is 25.9 Å². The van der Waals surface area contributed by atoms with E-state index < -0.39 is 50.8 Å². The van der Waals surface area contributed by atoms with Crippen molar-refractivity contribution in [2.45, 2.75) is 290 Å². The van der Waals surface area contributed by atoms with Gasteiger partial charge in [0.25, 0.3) is 0 Å². The molecule has 12 nitrogen and oxygen atoms in total. The van der Waals surface area contributed by atoms with Crippen molar-refractivity contribution in [2.75, 3.05) is 47.5 Å². The lowest BCUT2D eigenvalue weighted by atomic mass is 10.1. The molecular formula is C59H113ClNO11P. The number of likely N-dealkylation sites (N-methyl/N-ethyl adjacent to an activating group) is 1. The van der Waals surface area contributed by atoms with Crippen LogP contribution in [-0.4, -0.2) is 93.3 Å². The Bertz CT molecular complexity index is 1380. The molecule has 0 radical (unpaired) electrons. The summed E-state index contributed by atoms with van der Waals surface area (Å²) < 4.78 is 47.0. The zero-order valence-electron chi connectivity index (χ0n) is 48.0. The predicted octanol–water partition coefficient (Wildman–Crippen LogP) is 14.2. The Morgan fingerprint density at radius 3 is 1.27 bits per heavy atom. The Labute approximate surface area is 454 Å². The van der Waals surface area contributed by atoms with E-state index in [0.29, 0.717) is 17.3 Å². The largest absolute Gasteiger partial charge is 1.00 e. The Morgan fingerprint density at radius 1 is 0.493 bits per heavy atom. The van der Waals surface area contributed by atoms with Crippen molar-refractivity contribution in [3.63, 3.8) is 0 Å². The summed E-state index contributed by atoms with van der Waals surface area (Å²) in [5.41, 5.74) is 0. The molecule has 0 aliphatic carbocycles. The third-order valence-electron chi connectivity index (χ3n) is 13.0. The molecule has 1 N–H and O–H groups in total. The highest BCUT2D eigenvalue weighted by Crippen LogP contribution is 2.45. The molecule has 0 heterocycles. The number of rotatable bonds is 53. The summed E-state index contributed by atoms with van der Waals surface area (Å²) in [5.74, 6) is -0.923. The molecule has 0 spiro atoms. The molecule has 0 aromatic heterocycles. The average molecular weight is 1080 g/mol. The van der Waals surface area contributed by atoms with Crippen molar-refractivity contribution >= 4 is 25.9 Å². The van der Waals surface area contributed by atoms with Crippen LogP contribution in [-0.2, 0) is 42.1 Å². The van der Waals surface area contributed by atoms with E-state index in [2.05, 4.69) is 45.1 Å². The van der Waals surface area contributed by atoms with E-state index in [1.807, 2.05) is 21.1 Å². The van der Waals surface area contributed by atoms with Crippen molar-refractivity contribution in [1.29, 1.82) is 0 Å². The van der Waals surface area contributed by atoms with Gasteiger partial charge in [0.1, 0.15) is 19.3 Å². The summed E-state index contributed by atoms with van der Waals surface area (Å²) in [6.07, 6.45) is 47.1. The number of hydrogen-bond donors (Lipinski definition) is 1. The number of unbranched alkanes of at least 4 members (excludes halogenated alkanes) is 31. The van der Waals surface area contributed by atoms with Gasteiger partial charge in [-0.2, -0.15) is 0 Å². The first-order valence-corrected chi connectivity index (χ1v) is 31.2. The Hall–Kier alpha value is -1.95. The van der Waals surface area contributed by atoms with Crippen molar-refractivity contribution in [1.82, 2.24) is 0 Å². The molecule has 0 fully saturated rings. The normalized spacial score (nSPS) is 13.9. The maximum atomic E-state index is 13.5. The van der Waals surface area contributed by atoms with E-state index in [9.17, 15) is 23.8 Å². The fourth-order valence-electron chi connectivity index (χ4n) is 8.49. The zero-order valence-corrected chi connectivity index (χ0v) is 49.7. The number of ether oxygens (including phenoxy) is 4. The summed E-state index contributed by atoms with van der Waals surface area (Å²) in [7, 11) is 0.837. The number of nitrogens with zero attached hydrogens (tertiary/aromatic N) is 1. The second kappa shape index (κ2) is 52.1. The van der Waals surface area contributed by atoms with E-state index in [1.165, 1.54) is 122 Å². The average Bonchev–Trinajstić information content (AvgIpc) is 3.33. The summed E-state index contributed by atoms with van der Waals surface area (Å²) in [6.45, 7) is 7.86. The van der Waals surface area contributed by atoms with E-state index in [0.717, 1.165) is 96.3 Å². The lowest BCUT2D eigenvalue weighted by Crippen LogP contribution is -3.00. The second-order valence-corrected chi connectivity index (χ2v) is 22.9. The van der Waals surface area contributed by atoms with Crippen LogP contribution in [0.2, 0.25) is 0 Å². The molecule has 0 aliphatic heterocycles. The highest BCUT2D eigenvalue weighted by molar-refractivity contribution is 7.47. The Morgan fingerprint density at radius 2 is 0.863 bits per heavy atom. The summed E-state index contributed by atoms with van der Waals surface area (Å²) in [5, 5.41) is 0. The van der Waals surface area contributed by atoms with Gasteiger partial charge in [0.15, 0.2) is 12.2 Å². The smallest absolute Gasteiger partial charge is 0.508 e. The minimum atomic E-state index is -4.81. The number of carbonyl (C=O) groups excluding carboxylic acids is 3. The van der Waals surface area contributed by atoms with Crippen molar-refractivity contribution in [3.8, 4) is 0 Å². The van der Waals surface area contributed by atoms with Crippen LogP contribution >= 0.6 is 7.82 Å². The zero-order chi connectivity index (χ0) is 53.2. The number of carbonyl (C=O) groups is 3. The fourth-order valence-corrected chi connectivity index (χ4v) is 9.49. The summed E-state index contributed by atoms with van der Waals surface area (Å²) in [6, 6.07) is 0. The van der Waals surface area contributed by atoms with Crippen LogP contribution in [0.1, 0.15) is 272 Å². The molecule has 0 saturated carbocycles. The number of quaternary nitrogens is 1. The molecule has 73 heavy (non-hydrogen) atoms. The standard InChI is InChI=1S/C59H112NO11P.ClH/c1-8-11-14-17-20-23-26-28-30-32-34-36-39-42-45-48-57(61)67-52-55(70-58(62)49-46-43-40-37-35-33-31-29-27-24-21-18-15-12-9-2)53-68-72(64,65)71-56(51-60(5,6)7)54(4)69-59(63)66-50-47-44-41-38-25-22-19-16-13-10-3;/h28-31,54-56H,8-27,32-53H2,1-7H3;1H/b30-28-,31-29-;/t54?,55-,56?;/m1./s1. The maximum absolute atomic E-state index is 13.5. The topological polar surface area (TPSA) is 144 Å². The van der Waals surface area contributed by atoms with E-state index in [1.54, 1.807) is 6.92 Å². The van der Waals surface area contributed by atoms with Gasteiger partial charge in [-0.3, -0.25) is 18.6 Å². The molecule has 14 heteroatoms. The van der Waals surface area contributed by atoms with Gasteiger partial charge in [-0.25, -0.2) is 9.36 Å². The molecule has 0 amide bonds. The maximum Gasteiger partial charge on any atom is 0.508 e. The quantitative estimate of drug-likeness (QED) is 0.0155. The molecule has 3 unspecified atom stereocenters. The minimum absolute atomic E-state index is 0. The van der Waals surface area contributed by atoms with Crippen LogP contribution in [0.3, 0.4) is 0 Å². The highest BCUT2D eigenvalue weighted by atomic mass is 35.5. The number of esters is 2. The first kappa shape index (κ1) is 73.1. The third kappa shape index (κ3) is 53.2. The molecular weight excluding hydrogens is 965 g/mol. The number of allylic oxidation sites excluding steroid dienone is 4. The molecule has 0 rings (SSSR count). The van der Waals surface area contributed by atoms with Gasteiger partial charge in [0.05, 0.1) is 34.4 Å². The molecule has 4 atom stereocenters. The minimum Gasteiger partial charge on any atom is -1.00 e. The summed E-state index contributed by atoms with van der Waals surface area (Å²) in [4.78, 5) is 49.5. The predicted molar refractivity (Wildman–Crippen MR) is 297 cm³/mol. The molecule has 0 saturated heterocycles. The van der Waals surface area contributed by atoms with Gasteiger partial charge in [-0.05, 0) is 77.6 Å². The van der Waals surface area contributed by atoms with Crippen LogP contribution in [0.5, 0.6) is 0 Å². The second-order valence-electron chi connectivity index (χ2n) is 21.4. The van der Waals surface area contributed by atoms with Gasteiger partial charge in [-0.15, -0.1) is 0 Å². The summed E-state index contributed by atoms with van der Waals surface area (Å²) >= 11 is 0. The first-order chi connectivity index (χ1) is 34.7.